The van der Waals surface area contributed by atoms with Crippen LogP contribution >= 0.6 is 0 Å². The predicted octanol–water partition coefficient (Wildman–Crippen LogP) is 1.09. The van der Waals surface area contributed by atoms with Crippen molar-refractivity contribution in [1.82, 2.24) is 10.6 Å². The molecule has 0 aromatic rings. The molecule has 6 nitrogen and oxygen atoms in total. The number of amides is 2. The van der Waals surface area contributed by atoms with Gasteiger partial charge in [0, 0.05) is 6.54 Å². The number of hydrogen-bond acceptors (Lipinski definition) is 3. The molecule has 0 aliphatic heterocycles. The van der Waals surface area contributed by atoms with E-state index < -0.39 is 24.0 Å². The Morgan fingerprint density at radius 3 is 2.58 bits per heavy atom. The van der Waals surface area contributed by atoms with Crippen LogP contribution < -0.4 is 10.6 Å². The second-order valence-electron chi connectivity index (χ2n) is 5.14. The smallest absolute Gasteiger partial charge is 0.315 e. The number of carbonyl (C=O) groups excluding carboxylic acids is 1. The molecule has 1 aliphatic rings. The third-order valence-electron chi connectivity index (χ3n) is 3.54. The molecular weight excluding hydrogens is 248 g/mol. The van der Waals surface area contributed by atoms with Gasteiger partial charge in [0.05, 0.1) is 18.1 Å². The molecule has 1 aliphatic carbocycles. The van der Waals surface area contributed by atoms with E-state index in [0.717, 1.165) is 25.7 Å². The molecule has 0 saturated heterocycles. The zero-order chi connectivity index (χ0) is 14.3. The zero-order valence-corrected chi connectivity index (χ0v) is 11.4. The maximum Gasteiger partial charge on any atom is 0.315 e. The standard InChI is InChI=1S/C13H24N2O4/c1-2-5-9(12(17)18)8-14-13(19)15-10-6-3-4-7-11(10)16/h9-11,16H,2-8H2,1H3,(H,17,18)(H2,14,15,19). The van der Waals surface area contributed by atoms with Crippen LogP contribution in [-0.2, 0) is 4.79 Å². The van der Waals surface area contributed by atoms with Gasteiger partial charge in [-0.15, -0.1) is 0 Å². The van der Waals surface area contributed by atoms with Crippen LogP contribution in [0.3, 0.4) is 0 Å². The summed E-state index contributed by atoms with van der Waals surface area (Å²) in [6, 6.07) is -0.614. The van der Waals surface area contributed by atoms with E-state index in [9.17, 15) is 14.7 Å². The topological polar surface area (TPSA) is 98.7 Å². The first-order valence-electron chi connectivity index (χ1n) is 6.99. The number of urea groups is 1. The van der Waals surface area contributed by atoms with E-state index in [0.29, 0.717) is 12.8 Å². The van der Waals surface area contributed by atoms with E-state index >= 15 is 0 Å². The van der Waals surface area contributed by atoms with Crippen LogP contribution in [0.1, 0.15) is 45.4 Å². The van der Waals surface area contributed by atoms with Crippen molar-refractivity contribution < 1.29 is 19.8 Å². The summed E-state index contributed by atoms with van der Waals surface area (Å²) >= 11 is 0. The van der Waals surface area contributed by atoms with E-state index in [2.05, 4.69) is 10.6 Å². The Kier molecular flexibility index (Phi) is 6.62. The quantitative estimate of drug-likeness (QED) is 0.581. The molecule has 3 atom stereocenters. The Balaban J connectivity index is 2.31. The Labute approximate surface area is 113 Å². The third-order valence-corrected chi connectivity index (χ3v) is 3.54. The Morgan fingerprint density at radius 1 is 1.32 bits per heavy atom. The molecule has 0 spiro atoms. The molecular formula is C13H24N2O4. The van der Waals surface area contributed by atoms with Crippen LogP contribution in [0, 0.1) is 5.92 Å². The van der Waals surface area contributed by atoms with Gasteiger partial charge in [-0.05, 0) is 19.3 Å². The van der Waals surface area contributed by atoms with E-state index in [1.54, 1.807) is 0 Å². The summed E-state index contributed by atoms with van der Waals surface area (Å²) in [4.78, 5) is 22.6. The number of aliphatic hydroxyl groups excluding tert-OH is 1. The van der Waals surface area contributed by atoms with Crippen molar-refractivity contribution in [2.75, 3.05) is 6.54 Å². The fourth-order valence-corrected chi connectivity index (χ4v) is 2.38. The highest BCUT2D eigenvalue weighted by atomic mass is 16.4. The largest absolute Gasteiger partial charge is 0.481 e. The minimum Gasteiger partial charge on any atom is -0.481 e. The first-order valence-corrected chi connectivity index (χ1v) is 6.99. The minimum atomic E-state index is -0.889. The van der Waals surface area contributed by atoms with Crippen LogP contribution in [0.15, 0.2) is 0 Å². The summed E-state index contributed by atoms with van der Waals surface area (Å²) in [5.41, 5.74) is 0. The molecule has 1 saturated carbocycles. The lowest BCUT2D eigenvalue weighted by Gasteiger charge is -2.28. The summed E-state index contributed by atoms with van der Waals surface area (Å²) in [6.07, 6.45) is 4.27. The fourth-order valence-electron chi connectivity index (χ4n) is 2.38. The van der Waals surface area contributed by atoms with Gasteiger partial charge >= 0.3 is 12.0 Å². The van der Waals surface area contributed by atoms with E-state index in [4.69, 9.17) is 5.11 Å². The summed E-state index contributed by atoms with van der Waals surface area (Å²) in [5.74, 6) is -1.44. The monoisotopic (exact) mass is 272 g/mol. The van der Waals surface area contributed by atoms with E-state index in [1.165, 1.54) is 0 Å². The van der Waals surface area contributed by atoms with Crippen LogP contribution in [0.2, 0.25) is 0 Å². The van der Waals surface area contributed by atoms with Crippen molar-refractivity contribution >= 4 is 12.0 Å². The minimum absolute atomic E-state index is 0.123. The molecule has 3 unspecified atom stereocenters. The Hall–Kier alpha value is -1.30. The average Bonchev–Trinajstić information content (AvgIpc) is 2.37. The van der Waals surface area contributed by atoms with Crippen molar-refractivity contribution in [2.24, 2.45) is 5.92 Å². The van der Waals surface area contributed by atoms with Crippen LogP contribution in [0.5, 0.6) is 0 Å². The normalized spacial score (nSPS) is 24.5. The second kappa shape index (κ2) is 7.99. The SMILES string of the molecule is CCCC(CNC(=O)NC1CCCCC1O)C(=O)O. The van der Waals surface area contributed by atoms with Crippen molar-refractivity contribution in [3.05, 3.63) is 0 Å². The first-order chi connectivity index (χ1) is 9.04. The van der Waals surface area contributed by atoms with Gasteiger partial charge in [0.1, 0.15) is 0 Å². The summed E-state index contributed by atoms with van der Waals surface area (Å²) in [5, 5.41) is 24.0. The molecule has 0 radical (unpaired) electrons. The highest BCUT2D eigenvalue weighted by Gasteiger charge is 2.25. The predicted molar refractivity (Wildman–Crippen MR) is 70.8 cm³/mol. The van der Waals surface area contributed by atoms with Crippen molar-refractivity contribution in [1.29, 1.82) is 0 Å². The molecule has 0 aromatic carbocycles. The molecule has 0 heterocycles. The Morgan fingerprint density at radius 2 is 2.00 bits per heavy atom. The molecule has 110 valence electrons. The molecule has 2 amide bonds. The average molecular weight is 272 g/mol. The molecule has 4 N–H and O–H groups in total. The van der Waals surface area contributed by atoms with Gasteiger partial charge in [-0.1, -0.05) is 26.2 Å². The third kappa shape index (κ3) is 5.46. The fraction of sp³-hybridized carbons (Fsp3) is 0.846. The Bertz CT molecular complexity index is 309. The molecule has 0 aromatic heterocycles. The number of carbonyl (C=O) groups is 2. The molecule has 6 heteroatoms. The van der Waals surface area contributed by atoms with Gasteiger partial charge in [-0.25, -0.2) is 4.79 Å². The molecule has 19 heavy (non-hydrogen) atoms. The molecule has 1 fully saturated rings. The number of hydrogen-bond donors (Lipinski definition) is 4. The zero-order valence-electron chi connectivity index (χ0n) is 11.4. The van der Waals surface area contributed by atoms with Crippen molar-refractivity contribution in [2.45, 2.75) is 57.6 Å². The number of rotatable bonds is 6. The van der Waals surface area contributed by atoms with Crippen molar-refractivity contribution in [3.8, 4) is 0 Å². The van der Waals surface area contributed by atoms with Gasteiger partial charge in [-0.2, -0.15) is 0 Å². The van der Waals surface area contributed by atoms with Crippen molar-refractivity contribution in [3.63, 3.8) is 0 Å². The van der Waals surface area contributed by atoms with Crippen LogP contribution in [0.25, 0.3) is 0 Å². The number of aliphatic carboxylic acids is 1. The number of nitrogens with one attached hydrogen (secondary N) is 2. The van der Waals surface area contributed by atoms with Gasteiger partial charge < -0.3 is 20.8 Å². The number of aliphatic hydroxyl groups is 1. The summed E-state index contributed by atoms with van der Waals surface area (Å²) < 4.78 is 0. The van der Waals surface area contributed by atoms with Gasteiger partial charge in [0.15, 0.2) is 0 Å². The molecule has 1 rings (SSSR count). The van der Waals surface area contributed by atoms with Gasteiger partial charge in [0.25, 0.3) is 0 Å². The second-order valence-corrected chi connectivity index (χ2v) is 5.14. The summed E-state index contributed by atoms with van der Waals surface area (Å²) in [7, 11) is 0. The maximum absolute atomic E-state index is 11.7. The van der Waals surface area contributed by atoms with Gasteiger partial charge in [-0.3, -0.25) is 4.79 Å². The van der Waals surface area contributed by atoms with E-state index in [1.807, 2.05) is 6.92 Å². The highest BCUT2D eigenvalue weighted by Crippen LogP contribution is 2.18. The number of carboxylic acid groups (broad SMARTS) is 1. The number of carboxylic acids is 1. The van der Waals surface area contributed by atoms with Crippen LogP contribution in [0.4, 0.5) is 4.79 Å². The van der Waals surface area contributed by atoms with Crippen LogP contribution in [-0.4, -0.2) is 40.9 Å². The lowest BCUT2D eigenvalue weighted by molar-refractivity contribution is -0.141. The van der Waals surface area contributed by atoms with Gasteiger partial charge in [0.2, 0.25) is 0 Å². The lowest BCUT2D eigenvalue weighted by Crippen LogP contribution is -2.50. The van der Waals surface area contributed by atoms with E-state index in [-0.39, 0.29) is 12.6 Å². The highest BCUT2D eigenvalue weighted by molar-refractivity contribution is 5.76. The lowest BCUT2D eigenvalue weighted by atomic mass is 9.93. The first kappa shape index (κ1) is 15.8. The maximum atomic E-state index is 11.7. The molecule has 0 bridgehead atoms. The summed E-state index contributed by atoms with van der Waals surface area (Å²) in [6.45, 7) is 2.03.